The number of aliphatic hydroxyl groups excluding tert-OH is 1. The first-order valence-electron chi connectivity index (χ1n) is 11.9. The van der Waals surface area contributed by atoms with E-state index in [1.165, 1.54) is 6.07 Å². The maximum Gasteiger partial charge on any atom is 0.343 e. The molecule has 1 aliphatic carbocycles. The molecule has 3 aliphatic rings. The molecular weight excluding hydrogens is 453 g/mol. The molecule has 0 bridgehead atoms. The lowest BCUT2D eigenvalue weighted by Crippen LogP contribution is -2.44. The predicted molar refractivity (Wildman–Crippen MR) is 125 cm³/mol. The molecular formula is C26H26FN3O5. The zero-order valence-corrected chi connectivity index (χ0v) is 19.6. The van der Waals surface area contributed by atoms with Gasteiger partial charge in [-0.2, -0.15) is 0 Å². The van der Waals surface area contributed by atoms with Gasteiger partial charge in [0.05, 0.1) is 35.6 Å². The van der Waals surface area contributed by atoms with Gasteiger partial charge in [0.1, 0.15) is 12.4 Å². The second-order valence-corrected chi connectivity index (χ2v) is 9.93. The van der Waals surface area contributed by atoms with Gasteiger partial charge >= 0.3 is 5.97 Å². The van der Waals surface area contributed by atoms with Gasteiger partial charge in [-0.15, -0.1) is 0 Å². The molecule has 0 spiro atoms. The number of rotatable bonds is 5. The number of pyridine rings is 2. The zero-order chi connectivity index (χ0) is 24.7. The molecule has 3 N–H and O–H groups in total. The monoisotopic (exact) mass is 479 g/mol. The second kappa shape index (κ2) is 7.43. The number of aryl methyl sites for hydroxylation is 1. The number of nitrogens with one attached hydrogen (secondary N) is 1. The van der Waals surface area contributed by atoms with Crippen LogP contribution in [0.1, 0.15) is 54.0 Å². The Hall–Kier alpha value is -3.14. The molecule has 1 aromatic carbocycles. The average Bonchev–Trinajstić information content (AvgIpc) is 3.54. The maximum absolute atomic E-state index is 14.5. The Morgan fingerprint density at radius 3 is 2.69 bits per heavy atom. The number of carbonyl (C=O) groups is 1. The summed E-state index contributed by atoms with van der Waals surface area (Å²) in [7, 11) is 0. The number of aromatic nitrogens is 2. The van der Waals surface area contributed by atoms with Gasteiger partial charge in [0.25, 0.3) is 5.56 Å². The van der Waals surface area contributed by atoms with Crippen LogP contribution >= 0.6 is 0 Å². The van der Waals surface area contributed by atoms with Crippen molar-refractivity contribution in [3.05, 3.63) is 62.2 Å². The van der Waals surface area contributed by atoms with Crippen LogP contribution in [0, 0.1) is 12.7 Å². The highest BCUT2D eigenvalue weighted by Crippen LogP contribution is 2.41. The van der Waals surface area contributed by atoms with Gasteiger partial charge in [-0.05, 0) is 49.4 Å². The van der Waals surface area contributed by atoms with Crippen molar-refractivity contribution in [1.29, 1.82) is 0 Å². The van der Waals surface area contributed by atoms with Gasteiger partial charge in [0.2, 0.25) is 0 Å². The largest absolute Gasteiger partial charge is 0.458 e. The van der Waals surface area contributed by atoms with Crippen LogP contribution in [0.4, 0.5) is 4.39 Å². The number of cyclic esters (lactones) is 1. The van der Waals surface area contributed by atoms with Crippen LogP contribution < -0.4 is 10.9 Å². The van der Waals surface area contributed by atoms with E-state index in [2.05, 4.69) is 5.32 Å². The molecule has 2 aliphatic heterocycles. The van der Waals surface area contributed by atoms with Crippen LogP contribution in [0.2, 0.25) is 0 Å². The summed E-state index contributed by atoms with van der Waals surface area (Å²) in [5.74, 6) is -1.15. The highest BCUT2D eigenvalue weighted by atomic mass is 19.1. The Kier molecular flexibility index (Phi) is 4.74. The van der Waals surface area contributed by atoms with Crippen molar-refractivity contribution in [1.82, 2.24) is 14.9 Å². The first-order valence-corrected chi connectivity index (χ1v) is 11.9. The third-order valence-electron chi connectivity index (χ3n) is 7.88. The molecule has 1 saturated carbocycles. The molecule has 1 atom stereocenters. The lowest BCUT2D eigenvalue weighted by Gasteiger charge is -2.31. The Morgan fingerprint density at radius 1 is 1.23 bits per heavy atom. The van der Waals surface area contributed by atoms with Gasteiger partial charge in [0, 0.05) is 34.7 Å². The summed E-state index contributed by atoms with van der Waals surface area (Å²) in [6.45, 7) is 3.88. The van der Waals surface area contributed by atoms with E-state index in [0.717, 1.165) is 29.4 Å². The number of hydrogen-bond donors (Lipinski definition) is 3. The minimum Gasteiger partial charge on any atom is -0.458 e. The summed E-state index contributed by atoms with van der Waals surface area (Å²) in [4.78, 5) is 30.7. The van der Waals surface area contributed by atoms with Crippen molar-refractivity contribution in [2.45, 2.75) is 63.9 Å². The van der Waals surface area contributed by atoms with Crippen LogP contribution in [-0.4, -0.2) is 37.9 Å². The van der Waals surface area contributed by atoms with Crippen molar-refractivity contribution >= 4 is 16.9 Å². The van der Waals surface area contributed by atoms with Crippen molar-refractivity contribution in [2.75, 3.05) is 6.61 Å². The molecule has 0 radical (unpaired) electrons. The average molecular weight is 480 g/mol. The third kappa shape index (κ3) is 3.11. The van der Waals surface area contributed by atoms with E-state index in [4.69, 9.17) is 9.72 Å². The second-order valence-electron chi connectivity index (χ2n) is 9.93. The predicted octanol–water partition coefficient (Wildman–Crippen LogP) is 2.14. The molecule has 0 unspecified atom stereocenters. The van der Waals surface area contributed by atoms with Gasteiger partial charge < -0.3 is 24.8 Å². The normalized spacial score (nSPS) is 21.5. The molecule has 8 nitrogen and oxygen atoms in total. The minimum atomic E-state index is -1.91. The molecule has 4 heterocycles. The van der Waals surface area contributed by atoms with Crippen LogP contribution in [0.25, 0.3) is 22.3 Å². The summed E-state index contributed by atoms with van der Waals surface area (Å²) in [5, 5.41) is 25.1. The highest BCUT2D eigenvalue weighted by Gasteiger charge is 2.46. The lowest BCUT2D eigenvalue weighted by molar-refractivity contribution is -0.172. The van der Waals surface area contributed by atoms with Crippen LogP contribution in [0.5, 0.6) is 0 Å². The summed E-state index contributed by atoms with van der Waals surface area (Å²) in [6, 6.07) is 4.82. The van der Waals surface area contributed by atoms with Crippen LogP contribution in [0.3, 0.4) is 0 Å². The molecule has 182 valence electrons. The number of halogens is 1. The molecule has 2 aromatic heterocycles. The standard InChI is InChI=1S/C26H26FN3O5/c1-3-26(34)18-7-21-22-16(10-30(21)23(32)17(18)11-35-24(26)33)15(9-28-25(12-31)4-5-25)14-6-13(2)19(27)8-20(14)29-22/h6-8,28,31,34H,3-5,9-12H2,1-2H3/t26-/m0/s1. The Balaban J connectivity index is 1.58. The summed E-state index contributed by atoms with van der Waals surface area (Å²) in [5.41, 5.74) is 1.64. The Morgan fingerprint density at radius 2 is 2.00 bits per heavy atom. The number of ether oxygens (including phenoxy) is 1. The SMILES string of the molecule is CC[C@@]1(O)C(=O)OCc2c1cc1n(c2=O)Cc2c-1nc1cc(F)c(C)cc1c2CNC1(CO)CC1. The summed E-state index contributed by atoms with van der Waals surface area (Å²) < 4.78 is 21.2. The van der Waals surface area contributed by atoms with E-state index in [-0.39, 0.29) is 54.2 Å². The highest BCUT2D eigenvalue weighted by molar-refractivity contribution is 5.89. The molecule has 35 heavy (non-hydrogen) atoms. The molecule has 6 rings (SSSR count). The minimum absolute atomic E-state index is 0.0297. The third-order valence-corrected chi connectivity index (χ3v) is 7.88. The lowest BCUT2D eigenvalue weighted by atomic mass is 9.86. The number of nitrogens with zero attached hydrogens (tertiary/aromatic N) is 2. The topological polar surface area (TPSA) is 114 Å². The van der Waals surface area contributed by atoms with Gasteiger partial charge in [-0.1, -0.05) is 6.92 Å². The van der Waals surface area contributed by atoms with E-state index < -0.39 is 11.6 Å². The van der Waals surface area contributed by atoms with Crippen molar-refractivity contribution < 1.29 is 24.1 Å². The Labute approximate surface area is 200 Å². The van der Waals surface area contributed by atoms with Crippen molar-refractivity contribution in [2.24, 2.45) is 0 Å². The summed E-state index contributed by atoms with van der Waals surface area (Å²) >= 11 is 0. The first kappa shape index (κ1) is 22.3. The van der Waals surface area contributed by atoms with E-state index in [0.29, 0.717) is 29.0 Å². The maximum atomic E-state index is 14.5. The van der Waals surface area contributed by atoms with E-state index in [1.807, 2.05) is 0 Å². The molecule has 3 aromatic rings. The molecule has 0 saturated heterocycles. The summed E-state index contributed by atoms with van der Waals surface area (Å²) in [6.07, 6.45) is 1.80. The van der Waals surface area contributed by atoms with Gasteiger partial charge in [0.15, 0.2) is 5.60 Å². The molecule has 1 fully saturated rings. The number of benzene rings is 1. The molecule has 0 amide bonds. The van der Waals surface area contributed by atoms with Crippen molar-refractivity contribution in [3.63, 3.8) is 0 Å². The van der Waals surface area contributed by atoms with E-state index in [9.17, 15) is 24.2 Å². The molecule has 9 heteroatoms. The number of fused-ring (bicyclic) bond motifs is 5. The van der Waals surface area contributed by atoms with Crippen LogP contribution in [0.15, 0.2) is 23.0 Å². The van der Waals surface area contributed by atoms with Gasteiger partial charge in [-0.3, -0.25) is 4.79 Å². The number of aliphatic hydroxyl groups is 2. The zero-order valence-electron chi connectivity index (χ0n) is 19.6. The first-order chi connectivity index (χ1) is 16.7. The number of hydrogen-bond acceptors (Lipinski definition) is 7. The van der Waals surface area contributed by atoms with Gasteiger partial charge in [-0.25, -0.2) is 14.2 Å². The quantitative estimate of drug-likeness (QED) is 0.376. The number of carbonyl (C=O) groups excluding carboxylic acids is 1. The van der Waals surface area contributed by atoms with E-state index >= 15 is 0 Å². The Bertz CT molecular complexity index is 1490. The fourth-order valence-corrected chi connectivity index (χ4v) is 5.31. The fraction of sp³-hybridized carbons (Fsp3) is 0.423. The smallest absolute Gasteiger partial charge is 0.343 e. The van der Waals surface area contributed by atoms with E-state index in [1.54, 1.807) is 30.5 Å². The van der Waals surface area contributed by atoms with Crippen LogP contribution in [-0.2, 0) is 34.8 Å². The number of esters is 1. The van der Waals surface area contributed by atoms with Crippen molar-refractivity contribution in [3.8, 4) is 11.4 Å². The fourth-order valence-electron chi connectivity index (χ4n) is 5.31.